The molecule has 4 heteroatoms. The number of aromatic nitrogens is 2. The fourth-order valence-electron chi connectivity index (χ4n) is 2.17. The predicted octanol–water partition coefficient (Wildman–Crippen LogP) is 2.88. The normalized spacial score (nSPS) is 12.9. The van der Waals surface area contributed by atoms with Gasteiger partial charge in [-0.1, -0.05) is 6.92 Å². The van der Waals surface area contributed by atoms with Crippen LogP contribution in [0.25, 0.3) is 0 Å². The number of hydrogen-bond acceptors (Lipinski definition) is 3. The first-order valence-corrected chi connectivity index (χ1v) is 8.36. The van der Waals surface area contributed by atoms with E-state index >= 15 is 0 Å². The highest BCUT2D eigenvalue weighted by atomic mass is 32.2. The molecule has 18 heavy (non-hydrogen) atoms. The molecule has 3 nitrogen and oxygen atoms in total. The van der Waals surface area contributed by atoms with Gasteiger partial charge in [0, 0.05) is 24.7 Å². The first-order chi connectivity index (χ1) is 8.71. The first kappa shape index (κ1) is 15.6. The van der Waals surface area contributed by atoms with Gasteiger partial charge in [0.25, 0.3) is 0 Å². The van der Waals surface area contributed by atoms with Gasteiger partial charge in [-0.05, 0) is 51.3 Å². The Morgan fingerprint density at radius 3 is 2.83 bits per heavy atom. The Labute approximate surface area is 116 Å². The van der Waals surface area contributed by atoms with E-state index in [1.807, 2.05) is 11.8 Å². The molecule has 0 saturated heterocycles. The van der Waals surface area contributed by atoms with E-state index in [4.69, 9.17) is 0 Å². The molecule has 1 heterocycles. The molecule has 0 aliphatic heterocycles. The van der Waals surface area contributed by atoms with E-state index in [0.717, 1.165) is 25.2 Å². The zero-order chi connectivity index (χ0) is 13.4. The van der Waals surface area contributed by atoms with Gasteiger partial charge < -0.3 is 5.32 Å². The van der Waals surface area contributed by atoms with Gasteiger partial charge in [0.2, 0.25) is 0 Å². The molecule has 1 rings (SSSR count). The van der Waals surface area contributed by atoms with Gasteiger partial charge in [-0.15, -0.1) is 0 Å². The van der Waals surface area contributed by atoms with Crippen LogP contribution < -0.4 is 5.32 Å². The lowest BCUT2D eigenvalue weighted by atomic mass is 10.1. The van der Waals surface area contributed by atoms with Gasteiger partial charge in [-0.2, -0.15) is 16.9 Å². The molecule has 0 radical (unpaired) electrons. The van der Waals surface area contributed by atoms with Crippen LogP contribution in [0.2, 0.25) is 0 Å². The van der Waals surface area contributed by atoms with Crippen LogP contribution in [0.15, 0.2) is 6.07 Å². The molecule has 1 N–H and O–H groups in total. The van der Waals surface area contributed by atoms with Gasteiger partial charge in [-0.3, -0.25) is 4.68 Å². The topological polar surface area (TPSA) is 29.9 Å². The fourth-order valence-corrected chi connectivity index (χ4v) is 2.69. The predicted molar refractivity (Wildman–Crippen MR) is 81.4 cm³/mol. The summed E-state index contributed by atoms with van der Waals surface area (Å²) in [6.45, 7) is 8.53. The smallest absolute Gasteiger partial charge is 0.0596 e. The van der Waals surface area contributed by atoms with Gasteiger partial charge in [0.05, 0.1) is 5.69 Å². The molecule has 1 aromatic rings. The fraction of sp³-hybridized carbons (Fsp3) is 0.786. The molecule has 1 atom stereocenters. The summed E-state index contributed by atoms with van der Waals surface area (Å²) in [4.78, 5) is 0. The molecular formula is C14H27N3S. The van der Waals surface area contributed by atoms with Crippen molar-refractivity contribution in [3.63, 3.8) is 0 Å². The van der Waals surface area contributed by atoms with Crippen molar-refractivity contribution in [1.29, 1.82) is 0 Å². The number of hydrogen-bond donors (Lipinski definition) is 1. The lowest BCUT2D eigenvalue weighted by molar-refractivity contribution is 0.477. The summed E-state index contributed by atoms with van der Waals surface area (Å²) < 4.78 is 2.13. The van der Waals surface area contributed by atoms with Crippen molar-refractivity contribution in [3.05, 3.63) is 17.5 Å². The monoisotopic (exact) mass is 269 g/mol. The van der Waals surface area contributed by atoms with E-state index in [-0.39, 0.29) is 0 Å². The van der Waals surface area contributed by atoms with Crippen molar-refractivity contribution in [1.82, 2.24) is 15.1 Å². The highest BCUT2D eigenvalue weighted by Gasteiger charge is 2.12. The summed E-state index contributed by atoms with van der Waals surface area (Å²) >= 11 is 1.93. The molecular weight excluding hydrogens is 242 g/mol. The van der Waals surface area contributed by atoms with E-state index < -0.39 is 0 Å². The second kappa shape index (κ2) is 8.59. The van der Waals surface area contributed by atoms with Crippen LogP contribution in [0, 0.1) is 6.92 Å². The third kappa shape index (κ3) is 5.02. The summed E-state index contributed by atoms with van der Waals surface area (Å²) in [7, 11) is 0. The zero-order valence-electron chi connectivity index (χ0n) is 12.2. The average molecular weight is 269 g/mol. The third-order valence-corrected chi connectivity index (χ3v) is 3.74. The highest BCUT2D eigenvalue weighted by Crippen LogP contribution is 2.11. The lowest BCUT2D eigenvalue weighted by Gasteiger charge is -2.18. The molecule has 0 aliphatic carbocycles. The summed E-state index contributed by atoms with van der Waals surface area (Å²) in [5, 5.41) is 8.19. The average Bonchev–Trinajstić information content (AvgIpc) is 2.72. The van der Waals surface area contributed by atoms with Crippen LogP contribution >= 0.6 is 11.8 Å². The van der Waals surface area contributed by atoms with Gasteiger partial charge >= 0.3 is 0 Å². The number of aryl methyl sites for hydroxylation is 2. The third-order valence-electron chi connectivity index (χ3n) is 3.09. The molecule has 0 aliphatic rings. The van der Waals surface area contributed by atoms with Gasteiger partial charge in [-0.25, -0.2) is 0 Å². The lowest BCUT2D eigenvalue weighted by Crippen LogP contribution is -2.33. The summed E-state index contributed by atoms with van der Waals surface area (Å²) in [6.07, 6.45) is 5.70. The molecule has 0 fully saturated rings. The second-order valence-electron chi connectivity index (χ2n) is 4.73. The molecule has 1 aromatic heterocycles. The van der Waals surface area contributed by atoms with Gasteiger partial charge in [0.1, 0.15) is 0 Å². The van der Waals surface area contributed by atoms with Crippen LogP contribution in [0.3, 0.4) is 0 Å². The summed E-state index contributed by atoms with van der Waals surface area (Å²) in [6, 6.07) is 2.81. The molecule has 0 saturated carbocycles. The zero-order valence-corrected chi connectivity index (χ0v) is 13.0. The molecule has 0 bridgehead atoms. The van der Waals surface area contributed by atoms with E-state index in [1.54, 1.807) is 0 Å². The standard InChI is InChI=1S/C14H27N3S/c1-5-8-15-13(7-9-18-4)11-14-10-12(3)16-17(14)6-2/h10,13,15H,5-9,11H2,1-4H3. The van der Waals surface area contributed by atoms with Crippen molar-refractivity contribution in [2.24, 2.45) is 0 Å². The minimum absolute atomic E-state index is 0.582. The Bertz CT molecular complexity index is 328. The van der Waals surface area contributed by atoms with Crippen LogP contribution in [0.1, 0.15) is 38.1 Å². The minimum atomic E-state index is 0.582. The van der Waals surface area contributed by atoms with E-state index in [0.29, 0.717) is 6.04 Å². The number of nitrogens with zero attached hydrogens (tertiary/aromatic N) is 2. The Balaban J connectivity index is 2.61. The van der Waals surface area contributed by atoms with E-state index in [2.05, 4.69) is 48.2 Å². The number of nitrogens with one attached hydrogen (secondary N) is 1. The number of thioether (sulfide) groups is 1. The maximum absolute atomic E-state index is 4.53. The molecule has 104 valence electrons. The van der Waals surface area contributed by atoms with E-state index in [9.17, 15) is 0 Å². The molecule has 0 amide bonds. The van der Waals surface area contributed by atoms with E-state index in [1.165, 1.54) is 24.3 Å². The Hall–Kier alpha value is -0.480. The van der Waals surface area contributed by atoms with Crippen LogP contribution in [0.4, 0.5) is 0 Å². The quantitative estimate of drug-likeness (QED) is 0.747. The van der Waals surface area contributed by atoms with Crippen LogP contribution in [0.5, 0.6) is 0 Å². The minimum Gasteiger partial charge on any atom is -0.314 e. The molecule has 1 unspecified atom stereocenters. The van der Waals surface area contributed by atoms with Crippen molar-refractivity contribution in [3.8, 4) is 0 Å². The Morgan fingerprint density at radius 2 is 2.22 bits per heavy atom. The summed E-state index contributed by atoms with van der Waals surface area (Å²) in [5.74, 6) is 1.22. The second-order valence-corrected chi connectivity index (χ2v) is 5.72. The van der Waals surface area contributed by atoms with Crippen LogP contribution in [-0.2, 0) is 13.0 Å². The maximum Gasteiger partial charge on any atom is 0.0596 e. The van der Waals surface area contributed by atoms with Crippen molar-refractivity contribution >= 4 is 11.8 Å². The van der Waals surface area contributed by atoms with Crippen molar-refractivity contribution < 1.29 is 0 Å². The Morgan fingerprint density at radius 1 is 1.44 bits per heavy atom. The highest BCUT2D eigenvalue weighted by molar-refractivity contribution is 7.98. The molecule has 0 aromatic carbocycles. The number of rotatable bonds is 9. The van der Waals surface area contributed by atoms with Crippen molar-refractivity contribution in [2.75, 3.05) is 18.6 Å². The van der Waals surface area contributed by atoms with Gasteiger partial charge in [0.15, 0.2) is 0 Å². The summed E-state index contributed by atoms with van der Waals surface area (Å²) in [5.41, 5.74) is 2.50. The maximum atomic E-state index is 4.53. The largest absolute Gasteiger partial charge is 0.314 e. The van der Waals surface area contributed by atoms with Crippen LogP contribution in [-0.4, -0.2) is 34.4 Å². The first-order valence-electron chi connectivity index (χ1n) is 6.96. The Kier molecular flexibility index (Phi) is 7.44. The molecule has 0 spiro atoms. The van der Waals surface area contributed by atoms with Crippen molar-refractivity contribution in [2.45, 2.75) is 52.6 Å². The SMILES string of the molecule is CCCNC(CCSC)Cc1cc(C)nn1CC.